The van der Waals surface area contributed by atoms with Crippen molar-refractivity contribution >= 4 is 21.7 Å². The zero-order chi connectivity index (χ0) is 14.6. The van der Waals surface area contributed by atoms with Gasteiger partial charge >= 0.3 is 0 Å². The predicted octanol–water partition coefficient (Wildman–Crippen LogP) is 2.32. The van der Waals surface area contributed by atoms with E-state index >= 15 is 0 Å². The van der Waals surface area contributed by atoms with Crippen molar-refractivity contribution in [1.29, 1.82) is 0 Å². The number of hydrogen-bond donors (Lipinski definition) is 1. The number of nitrogens with two attached hydrogens (primary N) is 1. The molecule has 0 atom stereocenters. The van der Waals surface area contributed by atoms with Gasteiger partial charge in [0.1, 0.15) is 11.5 Å². The standard InChI is InChI=1S/C15H20BrNO3/c1-19-12-2-3-13(16)11(8-12)9-14(18)15(10-17)4-6-20-7-5-15/h2-3,8H,4-7,9-10,17H2,1H3. The molecule has 1 fully saturated rings. The summed E-state index contributed by atoms with van der Waals surface area (Å²) in [6.07, 6.45) is 1.79. The summed E-state index contributed by atoms with van der Waals surface area (Å²) >= 11 is 3.49. The Labute approximate surface area is 127 Å². The maximum Gasteiger partial charge on any atom is 0.144 e. The van der Waals surface area contributed by atoms with E-state index in [1.165, 1.54) is 0 Å². The molecule has 0 radical (unpaired) electrons. The van der Waals surface area contributed by atoms with E-state index in [-0.39, 0.29) is 5.78 Å². The van der Waals surface area contributed by atoms with Crippen LogP contribution in [0.4, 0.5) is 0 Å². The molecule has 1 aliphatic rings. The molecule has 0 spiro atoms. The van der Waals surface area contributed by atoms with Crippen LogP contribution in [0.2, 0.25) is 0 Å². The first-order valence-corrected chi connectivity index (χ1v) is 7.54. The van der Waals surface area contributed by atoms with Gasteiger partial charge in [-0.05, 0) is 36.6 Å². The first-order valence-electron chi connectivity index (χ1n) is 6.75. The molecule has 110 valence electrons. The van der Waals surface area contributed by atoms with Gasteiger partial charge in [-0.1, -0.05) is 15.9 Å². The summed E-state index contributed by atoms with van der Waals surface area (Å²) in [6, 6.07) is 5.66. The molecule has 0 aliphatic carbocycles. The fourth-order valence-corrected chi connectivity index (χ4v) is 2.92. The molecule has 1 saturated heterocycles. The van der Waals surface area contributed by atoms with Crippen molar-refractivity contribution < 1.29 is 14.3 Å². The molecule has 2 N–H and O–H groups in total. The minimum absolute atomic E-state index is 0.192. The van der Waals surface area contributed by atoms with Gasteiger partial charge in [0, 0.05) is 36.1 Å². The summed E-state index contributed by atoms with van der Waals surface area (Å²) in [5.41, 5.74) is 6.38. The van der Waals surface area contributed by atoms with Gasteiger partial charge in [0.25, 0.3) is 0 Å². The number of benzene rings is 1. The van der Waals surface area contributed by atoms with Crippen LogP contribution in [0.1, 0.15) is 18.4 Å². The Bertz CT molecular complexity index is 484. The van der Waals surface area contributed by atoms with E-state index in [0.717, 1.165) is 15.8 Å². The zero-order valence-corrected chi connectivity index (χ0v) is 13.2. The molecule has 0 unspecified atom stereocenters. The maximum atomic E-state index is 12.7. The second-order valence-corrected chi connectivity index (χ2v) is 6.01. The van der Waals surface area contributed by atoms with Crippen LogP contribution in [0.25, 0.3) is 0 Å². The molecule has 1 aromatic carbocycles. The monoisotopic (exact) mass is 341 g/mol. The molecule has 4 nitrogen and oxygen atoms in total. The molecule has 0 amide bonds. The Morgan fingerprint density at radius 2 is 2.15 bits per heavy atom. The molecular weight excluding hydrogens is 322 g/mol. The van der Waals surface area contributed by atoms with Crippen molar-refractivity contribution in [3.05, 3.63) is 28.2 Å². The van der Waals surface area contributed by atoms with Crippen molar-refractivity contribution in [2.75, 3.05) is 26.9 Å². The SMILES string of the molecule is COc1ccc(Br)c(CC(=O)C2(CN)CCOCC2)c1. The largest absolute Gasteiger partial charge is 0.497 e. The van der Waals surface area contributed by atoms with Crippen LogP contribution in [0.15, 0.2) is 22.7 Å². The van der Waals surface area contributed by atoms with E-state index in [9.17, 15) is 4.79 Å². The summed E-state index contributed by atoms with van der Waals surface area (Å²) in [7, 11) is 1.62. The van der Waals surface area contributed by atoms with E-state index in [2.05, 4.69) is 15.9 Å². The van der Waals surface area contributed by atoms with Crippen molar-refractivity contribution in [2.45, 2.75) is 19.3 Å². The number of ketones is 1. The second kappa shape index (κ2) is 6.70. The van der Waals surface area contributed by atoms with E-state index in [1.54, 1.807) is 7.11 Å². The lowest BCUT2D eigenvalue weighted by Crippen LogP contribution is -2.44. The number of carbonyl (C=O) groups is 1. The van der Waals surface area contributed by atoms with Gasteiger partial charge in [0.05, 0.1) is 7.11 Å². The molecule has 5 heteroatoms. The maximum absolute atomic E-state index is 12.7. The minimum Gasteiger partial charge on any atom is -0.497 e. The Morgan fingerprint density at radius 3 is 2.75 bits per heavy atom. The lowest BCUT2D eigenvalue weighted by Gasteiger charge is -2.34. The van der Waals surface area contributed by atoms with Crippen LogP contribution in [-0.4, -0.2) is 32.7 Å². The molecule has 0 saturated carbocycles. The highest BCUT2D eigenvalue weighted by molar-refractivity contribution is 9.10. The highest BCUT2D eigenvalue weighted by Gasteiger charge is 2.38. The smallest absolute Gasteiger partial charge is 0.144 e. The third kappa shape index (κ3) is 3.22. The van der Waals surface area contributed by atoms with Crippen LogP contribution < -0.4 is 10.5 Å². The topological polar surface area (TPSA) is 61.5 Å². The lowest BCUT2D eigenvalue weighted by molar-refractivity contribution is -0.132. The van der Waals surface area contributed by atoms with Gasteiger partial charge in [-0.2, -0.15) is 0 Å². The first kappa shape index (κ1) is 15.5. The van der Waals surface area contributed by atoms with Crippen LogP contribution in [-0.2, 0) is 16.0 Å². The zero-order valence-electron chi connectivity index (χ0n) is 11.7. The van der Waals surface area contributed by atoms with Gasteiger partial charge in [-0.15, -0.1) is 0 Å². The Hall–Kier alpha value is -0.910. The summed E-state index contributed by atoms with van der Waals surface area (Å²) < 4.78 is 11.5. The van der Waals surface area contributed by atoms with E-state index in [0.29, 0.717) is 39.0 Å². The van der Waals surface area contributed by atoms with E-state index in [4.69, 9.17) is 15.2 Å². The summed E-state index contributed by atoms with van der Waals surface area (Å²) in [4.78, 5) is 12.7. The normalized spacial score (nSPS) is 17.8. The fraction of sp³-hybridized carbons (Fsp3) is 0.533. The number of halogens is 1. The predicted molar refractivity (Wildman–Crippen MR) is 80.9 cm³/mol. The van der Waals surface area contributed by atoms with Crippen LogP contribution in [0.5, 0.6) is 5.75 Å². The molecule has 1 aromatic rings. The van der Waals surface area contributed by atoms with Gasteiger partial charge in [-0.25, -0.2) is 0 Å². The molecular formula is C15H20BrNO3. The quantitative estimate of drug-likeness (QED) is 0.892. The molecule has 0 bridgehead atoms. The van der Waals surface area contributed by atoms with Gasteiger partial charge in [-0.3, -0.25) is 4.79 Å². The number of rotatable bonds is 5. The van der Waals surface area contributed by atoms with Crippen LogP contribution >= 0.6 is 15.9 Å². The van der Waals surface area contributed by atoms with Gasteiger partial charge in [0.15, 0.2) is 0 Å². The van der Waals surface area contributed by atoms with Gasteiger partial charge in [0.2, 0.25) is 0 Å². The number of ether oxygens (including phenoxy) is 2. The third-order valence-electron chi connectivity index (χ3n) is 4.04. The Morgan fingerprint density at radius 1 is 1.45 bits per heavy atom. The number of Topliss-reactive ketones (excluding diaryl/α,β-unsaturated/α-hetero) is 1. The summed E-state index contributed by atoms with van der Waals surface area (Å²) in [5, 5.41) is 0. The highest BCUT2D eigenvalue weighted by Crippen LogP contribution is 2.33. The molecule has 1 heterocycles. The fourth-order valence-electron chi connectivity index (χ4n) is 2.53. The average Bonchev–Trinajstić information content (AvgIpc) is 2.50. The molecule has 1 aliphatic heterocycles. The first-order chi connectivity index (χ1) is 9.61. The average molecular weight is 342 g/mol. The van der Waals surface area contributed by atoms with Crippen molar-refractivity contribution in [3.63, 3.8) is 0 Å². The van der Waals surface area contributed by atoms with Crippen LogP contribution in [0.3, 0.4) is 0 Å². The Balaban J connectivity index is 2.18. The molecule has 2 rings (SSSR count). The van der Waals surface area contributed by atoms with Crippen molar-refractivity contribution in [2.24, 2.45) is 11.1 Å². The minimum atomic E-state index is -0.430. The number of methoxy groups -OCH3 is 1. The lowest BCUT2D eigenvalue weighted by atomic mass is 9.74. The summed E-state index contributed by atoms with van der Waals surface area (Å²) in [5.74, 6) is 0.946. The van der Waals surface area contributed by atoms with Crippen molar-refractivity contribution in [1.82, 2.24) is 0 Å². The number of hydrogen-bond acceptors (Lipinski definition) is 4. The van der Waals surface area contributed by atoms with Gasteiger partial charge < -0.3 is 15.2 Å². The van der Waals surface area contributed by atoms with Crippen molar-refractivity contribution in [3.8, 4) is 5.75 Å². The van der Waals surface area contributed by atoms with Crippen LogP contribution in [0, 0.1) is 5.41 Å². The van der Waals surface area contributed by atoms with E-state index < -0.39 is 5.41 Å². The van der Waals surface area contributed by atoms with E-state index in [1.807, 2.05) is 18.2 Å². The Kier molecular flexibility index (Phi) is 5.18. The second-order valence-electron chi connectivity index (χ2n) is 5.15. The third-order valence-corrected chi connectivity index (χ3v) is 4.81. The molecule has 0 aromatic heterocycles. The highest BCUT2D eigenvalue weighted by atomic mass is 79.9. The summed E-state index contributed by atoms with van der Waals surface area (Å²) in [6.45, 7) is 1.61. The number of carbonyl (C=O) groups excluding carboxylic acids is 1. The molecule has 20 heavy (non-hydrogen) atoms.